The normalized spacial score (nSPS) is 44.6. The highest BCUT2D eigenvalue weighted by Gasteiger charge is 2.70. The standard InChI is InChI=1S/C38H52N2O3S/c1-22-9-10-25-27(19-22)44-32(39-25)40-31(43)35(5)16-15-34(4)17-18-37(7)23(24(34)21-35)20-26(41)30-36(6)13-12-29(42)33(2,3)28(36)11-14-38(30,37)8/h9-10,19-20,24,28-30,42H,11-18,21H2,1-8H3,(H,39,40,43)/t24-,28-,29-,30+,34+,35-,36-,37+,38+/m0/s1. The molecule has 5 aliphatic carbocycles. The number of nitrogens with zero attached hydrogens (tertiary/aromatic N) is 1. The largest absolute Gasteiger partial charge is 0.393 e. The summed E-state index contributed by atoms with van der Waals surface area (Å²) in [4.78, 5) is 33.4. The summed E-state index contributed by atoms with van der Waals surface area (Å²) in [6, 6.07) is 6.22. The maximum atomic E-state index is 14.6. The van der Waals surface area contributed by atoms with Gasteiger partial charge in [0.2, 0.25) is 5.91 Å². The number of aliphatic hydroxyl groups is 1. The molecular formula is C38H52N2O3S. The van der Waals surface area contributed by atoms with Gasteiger partial charge in [-0.1, -0.05) is 71.4 Å². The van der Waals surface area contributed by atoms with Crippen LogP contribution in [-0.4, -0.2) is 27.9 Å². The molecule has 238 valence electrons. The molecule has 5 nitrogen and oxygen atoms in total. The average molecular weight is 617 g/mol. The van der Waals surface area contributed by atoms with E-state index in [1.54, 1.807) is 11.3 Å². The maximum Gasteiger partial charge on any atom is 0.232 e. The van der Waals surface area contributed by atoms with Crippen LogP contribution >= 0.6 is 11.3 Å². The fourth-order valence-corrected chi connectivity index (χ4v) is 12.7. The van der Waals surface area contributed by atoms with E-state index in [0.29, 0.717) is 16.8 Å². The van der Waals surface area contributed by atoms with Gasteiger partial charge in [0.25, 0.3) is 0 Å². The molecule has 0 saturated heterocycles. The Labute approximate surface area is 267 Å². The van der Waals surface area contributed by atoms with E-state index in [4.69, 9.17) is 4.98 Å². The van der Waals surface area contributed by atoms with Crippen molar-refractivity contribution in [3.05, 3.63) is 35.4 Å². The summed E-state index contributed by atoms with van der Waals surface area (Å²) in [5.41, 5.74) is 2.51. The maximum absolute atomic E-state index is 14.6. The van der Waals surface area contributed by atoms with Crippen LogP contribution in [0, 0.1) is 57.2 Å². The number of allylic oxidation sites excluding steroid dienone is 2. The first kappa shape index (κ1) is 30.6. The third-order valence-corrected chi connectivity index (χ3v) is 15.8. The first-order chi connectivity index (χ1) is 20.5. The molecule has 1 aromatic carbocycles. The van der Waals surface area contributed by atoms with Crippen molar-refractivity contribution in [1.82, 2.24) is 4.98 Å². The van der Waals surface area contributed by atoms with E-state index >= 15 is 0 Å². The Kier molecular flexibility index (Phi) is 6.60. The number of anilines is 1. The summed E-state index contributed by atoms with van der Waals surface area (Å²) in [7, 11) is 0. The van der Waals surface area contributed by atoms with Crippen LogP contribution < -0.4 is 5.32 Å². The van der Waals surface area contributed by atoms with Crippen LogP contribution in [-0.2, 0) is 9.59 Å². The van der Waals surface area contributed by atoms with E-state index in [1.165, 1.54) is 11.1 Å². The van der Waals surface area contributed by atoms with Gasteiger partial charge >= 0.3 is 0 Å². The highest BCUT2D eigenvalue weighted by Crippen LogP contribution is 2.75. The van der Waals surface area contributed by atoms with Gasteiger partial charge in [0.05, 0.1) is 16.3 Å². The first-order valence-electron chi connectivity index (χ1n) is 17.1. The number of amides is 1. The minimum Gasteiger partial charge on any atom is -0.393 e. The smallest absolute Gasteiger partial charge is 0.232 e. The quantitative estimate of drug-likeness (QED) is 0.353. The van der Waals surface area contributed by atoms with Crippen LogP contribution in [0.1, 0.15) is 112 Å². The van der Waals surface area contributed by atoms with Crippen LogP contribution in [0.3, 0.4) is 0 Å². The first-order valence-corrected chi connectivity index (χ1v) is 17.9. The molecule has 4 saturated carbocycles. The van der Waals surface area contributed by atoms with Crippen molar-refractivity contribution in [3.63, 3.8) is 0 Å². The van der Waals surface area contributed by atoms with Crippen molar-refractivity contribution in [3.8, 4) is 0 Å². The molecule has 2 aromatic rings. The lowest BCUT2D eigenvalue weighted by molar-refractivity contribution is -0.202. The monoisotopic (exact) mass is 616 g/mol. The lowest BCUT2D eigenvalue weighted by atomic mass is 9.33. The Balaban J connectivity index is 1.22. The highest BCUT2D eigenvalue weighted by atomic mass is 32.1. The number of aromatic nitrogens is 1. The topological polar surface area (TPSA) is 79.3 Å². The minimum atomic E-state index is -0.523. The SMILES string of the molecule is Cc1ccc2nc(NC(=O)[C@@]3(C)CC[C@]4(C)CC[C@]5(C)C(=CC(=O)[C@@H]6[C@@]7(C)CC[C@H](O)C(C)(C)[C@@H]7CC[C@]65C)[C@@H]4C3)sc2c1. The van der Waals surface area contributed by atoms with Gasteiger partial charge in [-0.15, -0.1) is 0 Å². The van der Waals surface area contributed by atoms with Gasteiger partial charge in [0, 0.05) is 11.3 Å². The summed E-state index contributed by atoms with van der Waals surface area (Å²) in [5, 5.41) is 14.9. The number of ketones is 1. The summed E-state index contributed by atoms with van der Waals surface area (Å²) in [5.74, 6) is 0.886. The van der Waals surface area contributed by atoms with Crippen LogP contribution in [0.4, 0.5) is 5.13 Å². The predicted octanol–water partition coefficient (Wildman–Crippen LogP) is 8.88. The number of aliphatic hydroxyl groups excluding tert-OH is 1. The van der Waals surface area contributed by atoms with Crippen molar-refractivity contribution in [2.45, 2.75) is 119 Å². The van der Waals surface area contributed by atoms with Crippen molar-refractivity contribution in [2.75, 3.05) is 5.32 Å². The van der Waals surface area contributed by atoms with Gasteiger partial charge in [-0.25, -0.2) is 4.98 Å². The molecule has 9 atom stereocenters. The van der Waals surface area contributed by atoms with E-state index < -0.39 is 5.41 Å². The molecule has 1 amide bonds. The van der Waals surface area contributed by atoms with Gasteiger partial charge in [0.15, 0.2) is 10.9 Å². The lowest BCUT2D eigenvalue weighted by Gasteiger charge is -2.70. The van der Waals surface area contributed by atoms with Crippen LogP contribution in [0.25, 0.3) is 10.2 Å². The number of fused-ring (bicyclic) bond motifs is 8. The Morgan fingerprint density at radius 1 is 0.977 bits per heavy atom. The molecule has 7 rings (SSSR count). The third-order valence-electron chi connectivity index (χ3n) is 14.9. The molecule has 0 radical (unpaired) electrons. The van der Waals surface area contributed by atoms with E-state index in [1.807, 2.05) is 6.07 Å². The molecule has 1 aromatic heterocycles. The van der Waals surface area contributed by atoms with Gasteiger partial charge in [-0.2, -0.15) is 0 Å². The zero-order valence-corrected chi connectivity index (χ0v) is 28.9. The molecule has 5 aliphatic rings. The molecule has 0 spiro atoms. The predicted molar refractivity (Wildman–Crippen MR) is 178 cm³/mol. The Morgan fingerprint density at radius 3 is 2.45 bits per heavy atom. The fourth-order valence-electron chi connectivity index (χ4n) is 11.7. The van der Waals surface area contributed by atoms with E-state index in [2.05, 4.69) is 78.9 Å². The van der Waals surface area contributed by atoms with E-state index in [9.17, 15) is 14.7 Å². The molecule has 4 fully saturated rings. The minimum absolute atomic E-state index is 0.0282. The Morgan fingerprint density at radius 2 is 1.70 bits per heavy atom. The number of rotatable bonds is 2. The number of aryl methyl sites for hydroxylation is 1. The molecule has 0 bridgehead atoms. The molecule has 6 heteroatoms. The summed E-state index contributed by atoms with van der Waals surface area (Å²) < 4.78 is 1.10. The lowest BCUT2D eigenvalue weighted by Crippen LogP contribution is -2.66. The van der Waals surface area contributed by atoms with E-state index in [-0.39, 0.29) is 50.9 Å². The second-order valence-corrected chi connectivity index (χ2v) is 18.6. The molecular weight excluding hydrogens is 564 g/mol. The molecule has 0 aliphatic heterocycles. The number of carbonyl (C=O) groups is 2. The van der Waals surface area contributed by atoms with Crippen LogP contribution in [0.5, 0.6) is 0 Å². The van der Waals surface area contributed by atoms with Crippen LogP contribution in [0.15, 0.2) is 29.8 Å². The summed E-state index contributed by atoms with van der Waals surface area (Å²) in [6.45, 7) is 18.4. The molecule has 44 heavy (non-hydrogen) atoms. The van der Waals surface area contributed by atoms with Gasteiger partial charge in [0.1, 0.15) is 0 Å². The molecule has 2 N–H and O–H groups in total. The highest BCUT2D eigenvalue weighted by molar-refractivity contribution is 7.22. The zero-order chi connectivity index (χ0) is 31.7. The van der Waals surface area contributed by atoms with Crippen molar-refractivity contribution >= 4 is 38.4 Å². The van der Waals surface area contributed by atoms with Crippen LogP contribution in [0.2, 0.25) is 0 Å². The number of nitrogens with one attached hydrogen (secondary N) is 1. The number of hydrogen-bond donors (Lipinski definition) is 2. The van der Waals surface area contributed by atoms with Crippen molar-refractivity contribution in [2.24, 2.45) is 50.2 Å². The second kappa shape index (κ2) is 9.50. The summed E-state index contributed by atoms with van der Waals surface area (Å²) in [6.07, 6.45) is 10.4. The number of hydrogen-bond acceptors (Lipinski definition) is 5. The van der Waals surface area contributed by atoms with E-state index in [0.717, 1.165) is 68.0 Å². The molecule has 0 unspecified atom stereocenters. The van der Waals surface area contributed by atoms with Crippen molar-refractivity contribution in [1.29, 1.82) is 0 Å². The van der Waals surface area contributed by atoms with Gasteiger partial charge < -0.3 is 10.4 Å². The number of benzene rings is 1. The van der Waals surface area contributed by atoms with Gasteiger partial charge in [-0.05, 0) is 127 Å². The summed E-state index contributed by atoms with van der Waals surface area (Å²) >= 11 is 1.55. The number of carbonyl (C=O) groups excluding carboxylic acids is 2. The van der Waals surface area contributed by atoms with Gasteiger partial charge in [-0.3, -0.25) is 9.59 Å². The molecule has 1 heterocycles. The Bertz CT molecular complexity index is 1590. The van der Waals surface area contributed by atoms with Crippen molar-refractivity contribution < 1.29 is 14.7 Å². The fraction of sp³-hybridized carbons (Fsp3) is 0.711. The second-order valence-electron chi connectivity index (χ2n) is 17.6. The zero-order valence-electron chi connectivity index (χ0n) is 28.1. The Hall–Kier alpha value is -2.05. The number of thiazole rings is 1. The third kappa shape index (κ3) is 4.01. The average Bonchev–Trinajstić information content (AvgIpc) is 3.34.